The summed E-state index contributed by atoms with van der Waals surface area (Å²) >= 11 is 5.96. The van der Waals surface area contributed by atoms with Crippen LogP contribution < -0.4 is 0 Å². The number of ether oxygens (including phenoxy) is 1. The molecule has 16 heavy (non-hydrogen) atoms. The normalized spacial score (nSPS) is 10.4. The van der Waals surface area contributed by atoms with Gasteiger partial charge in [0.15, 0.2) is 0 Å². The van der Waals surface area contributed by atoms with Crippen LogP contribution in [0.3, 0.4) is 0 Å². The second kappa shape index (κ2) is 4.10. The highest BCUT2D eigenvalue weighted by atomic mass is 35.5. The number of benzene rings is 1. The number of fused-ring (bicyclic) bond motifs is 1. The van der Waals surface area contributed by atoms with Crippen molar-refractivity contribution in [2.75, 3.05) is 7.11 Å². The SMILES string of the molecule is COC(=O)c1ccnc2c(C)cc(Cl)cc12. The zero-order valence-corrected chi connectivity index (χ0v) is 9.71. The Labute approximate surface area is 98.0 Å². The maximum atomic E-state index is 11.6. The summed E-state index contributed by atoms with van der Waals surface area (Å²) in [7, 11) is 1.35. The first kappa shape index (κ1) is 10.9. The molecule has 0 fully saturated rings. The molecule has 0 unspecified atom stereocenters. The van der Waals surface area contributed by atoms with Crippen molar-refractivity contribution in [2.24, 2.45) is 0 Å². The summed E-state index contributed by atoms with van der Waals surface area (Å²) in [6, 6.07) is 5.17. The first-order chi connectivity index (χ1) is 7.63. The van der Waals surface area contributed by atoms with Gasteiger partial charge in [-0.05, 0) is 30.7 Å². The van der Waals surface area contributed by atoms with Gasteiger partial charge in [0.25, 0.3) is 0 Å². The molecule has 0 N–H and O–H groups in total. The highest BCUT2D eigenvalue weighted by molar-refractivity contribution is 6.31. The summed E-state index contributed by atoms with van der Waals surface area (Å²) in [4.78, 5) is 15.8. The number of aryl methyl sites for hydroxylation is 1. The van der Waals surface area contributed by atoms with Gasteiger partial charge in [0, 0.05) is 16.6 Å². The molecule has 2 rings (SSSR count). The molecule has 82 valence electrons. The quantitative estimate of drug-likeness (QED) is 0.714. The fourth-order valence-corrected chi connectivity index (χ4v) is 1.95. The first-order valence-electron chi connectivity index (χ1n) is 4.76. The number of esters is 1. The predicted molar refractivity (Wildman–Crippen MR) is 62.8 cm³/mol. The van der Waals surface area contributed by atoms with Crippen molar-refractivity contribution in [3.63, 3.8) is 0 Å². The molecule has 0 aliphatic rings. The van der Waals surface area contributed by atoms with Gasteiger partial charge >= 0.3 is 5.97 Å². The van der Waals surface area contributed by atoms with Crippen LogP contribution in [0, 0.1) is 6.92 Å². The third-order valence-electron chi connectivity index (χ3n) is 2.41. The van der Waals surface area contributed by atoms with Gasteiger partial charge in [0.05, 0.1) is 18.2 Å². The maximum absolute atomic E-state index is 11.6. The Bertz CT molecular complexity index is 566. The summed E-state index contributed by atoms with van der Waals surface area (Å²) in [5.74, 6) is -0.380. The van der Waals surface area contributed by atoms with Crippen LogP contribution in [0.4, 0.5) is 0 Å². The fraction of sp³-hybridized carbons (Fsp3) is 0.167. The number of carbonyl (C=O) groups excluding carboxylic acids is 1. The average molecular weight is 236 g/mol. The molecule has 0 aliphatic carbocycles. The molecule has 3 nitrogen and oxygen atoms in total. The van der Waals surface area contributed by atoms with Gasteiger partial charge in [-0.2, -0.15) is 0 Å². The Hall–Kier alpha value is -1.61. The Balaban J connectivity index is 2.81. The van der Waals surface area contributed by atoms with Crippen molar-refractivity contribution in [1.29, 1.82) is 0 Å². The third kappa shape index (κ3) is 1.74. The van der Waals surface area contributed by atoms with E-state index in [0.717, 1.165) is 16.5 Å². The largest absolute Gasteiger partial charge is 0.465 e. The van der Waals surface area contributed by atoms with Gasteiger partial charge < -0.3 is 4.74 Å². The Morgan fingerprint density at radius 2 is 2.19 bits per heavy atom. The first-order valence-corrected chi connectivity index (χ1v) is 5.14. The monoisotopic (exact) mass is 235 g/mol. The molecule has 1 aromatic heterocycles. The smallest absolute Gasteiger partial charge is 0.338 e. The lowest BCUT2D eigenvalue weighted by atomic mass is 10.1. The van der Waals surface area contributed by atoms with Gasteiger partial charge in [-0.1, -0.05) is 11.6 Å². The molecule has 0 amide bonds. The van der Waals surface area contributed by atoms with Crippen molar-refractivity contribution in [1.82, 2.24) is 4.98 Å². The molecule has 0 atom stereocenters. The van der Waals surface area contributed by atoms with Crippen LogP contribution in [0.1, 0.15) is 15.9 Å². The number of rotatable bonds is 1. The van der Waals surface area contributed by atoms with Crippen molar-refractivity contribution in [3.8, 4) is 0 Å². The average Bonchev–Trinajstić information content (AvgIpc) is 2.27. The van der Waals surface area contributed by atoms with E-state index in [2.05, 4.69) is 4.98 Å². The Kier molecular flexibility index (Phi) is 2.79. The summed E-state index contributed by atoms with van der Waals surface area (Å²) in [6.45, 7) is 1.91. The van der Waals surface area contributed by atoms with Crippen LogP contribution >= 0.6 is 11.6 Å². The summed E-state index contributed by atoms with van der Waals surface area (Å²) in [6.07, 6.45) is 1.59. The van der Waals surface area contributed by atoms with Gasteiger partial charge in [0.1, 0.15) is 0 Å². The molecule has 0 bridgehead atoms. The van der Waals surface area contributed by atoms with Crippen LogP contribution in [0.25, 0.3) is 10.9 Å². The van der Waals surface area contributed by atoms with Crippen molar-refractivity contribution in [2.45, 2.75) is 6.92 Å². The third-order valence-corrected chi connectivity index (χ3v) is 2.62. The predicted octanol–water partition coefficient (Wildman–Crippen LogP) is 2.98. The number of hydrogen-bond acceptors (Lipinski definition) is 3. The Morgan fingerprint density at radius 3 is 2.88 bits per heavy atom. The van der Waals surface area contributed by atoms with Gasteiger partial charge in [0.2, 0.25) is 0 Å². The number of pyridine rings is 1. The Morgan fingerprint density at radius 1 is 1.44 bits per heavy atom. The van der Waals surface area contributed by atoms with Gasteiger partial charge in [-0.15, -0.1) is 0 Å². The molecule has 0 saturated carbocycles. The van der Waals surface area contributed by atoms with E-state index < -0.39 is 0 Å². The van der Waals surface area contributed by atoms with E-state index in [1.165, 1.54) is 7.11 Å². The van der Waals surface area contributed by atoms with E-state index in [-0.39, 0.29) is 5.97 Å². The van der Waals surface area contributed by atoms with E-state index in [0.29, 0.717) is 10.6 Å². The summed E-state index contributed by atoms with van der Waals surface area (Å²) in [5, 5.41) is 1.31. The molecule has 0 radical (unpaired) electrons. The minimum atomic E-state index is -0.380. The summed E-state index contributed by atoms with van der Waals surface area (Å²) in [5.41, 5.74) is 2.19. The number of nitrogens with zero attached hydrogens (tertiary/aromatic N) is 1. The number of halogens is 1. The van der Waals surface area contributed by atoms with Crippen LogP contribution in [-0.4, -0.2) is 18.1 Å². The molecule has 4 heteroatoms. The molecule has 0 saturated heterocycles. The molecule has 0 spiro atoms. The highest BCUT2D eigenvalue weighted by Crippen LogP contribution is 2.24. The standard InChI is InChI=1S/C12H10ClNO2/c1-7-5-8(13)6-10-9(12(15)16-2)3-4-14-11(7)10/h3-6H,1-2H3. The zero-order valence-electron chi connectivity index (χ0n) is 8.95. The minimum absolute atomic E-state index is 0.380. The second-order valence-corrected chi connectivity index (χ2v) is 3.91. The number of methoxy groups -OCH3 is 1. The number of hydrogen-bond donors (Lipinski definition) is 0. The van der Waals surface area contributed by atoms with E-state index >= 15 is 0 Å². The zero-order chi connectivity index (χ0) is 11.7. The van der Waals surface area contributed by atoms with E-state index in [4.69, 9.17) is 16.3 Å². The van der Waals surface area contributed by atoms with Crippen molar-refractivity contribution in [3.05, 3.63) is 40.5 Å². The summed E-state index contributed by atoms with van der Waals surface area (Å²) < 4.78 is 4.71. The van der Waals surface area contributed by atoms with Crippen LogP contribution in [-0.2, 0) is 4.74 Å². The maximum Gasteiger partial charge on any atom is 0.338 e. The molecule has 2 aromatic rings. The molecule has 1 aromatic carbocycles. The molecular weight excluding hydrogens is 226 g/mol. The molecule has 0 aliphatic heterocycles. The van der Waals surface area contributed by atoms with Gasteiger partial charge in [-0.25, -0.2) is 4.79 Å². The number of carbonyl (C=O) groups is 1. The van der Waals surface area contributed by atoms with Gasteiger partial charge in [-0.3, -0.25) is 4.98 Å². The van der Waals surface area contributed by atoms with Crippen LogP contribution in [0.5, 0.6) is 0 Å². The number of aromatic nitrogens is 1. The van der Waals surface area contributed by atoms with E-state index in [1.54, 1.807) is 18.3 Å². The molecule has 1 heterocycles. The topological polar surface area (TPSA) is 39.2 Å². The van der Waals surface area contributed by atoms with Crippen molar-refractivity contribution >= 4 is 28.5 Å². The van der Waals surface area contributed by atoms with E-state index in [9.17, 15) is 4.79 Å². The van der Waals surface area contributed by atoms with Crippen LogP contribution in [0.15, 0.2) is 24.4 Å². The lowest BCUT2D eigenvalue weighted by molar-refractivity contribution is 0.0603. The second-order valence-electron chi connectivity index (χ2n) is 3.47. The minimum Gasteiger partial charge on any atom is -0.465 e. The molecular formula is C12H10ClNO2. The van der Waals surface area contributed by atoms with Crippen molar-refractivity contribution < 1.29 is 9.53 Å². The lowest BCUT2D eigenvalue weighted by Gasteiger charge is -2.06. The van der Waals surface area contributed by atoms with Crippen LogP contribution in [0.2, 0.25) is 5.02 Å². The van der Waals surface area contributed by atoms with E-state index in [1.807, 2.05) is 13.0 Å². The highest BCUT2D eigenvalue weighted by Gasteiger charge is 2.12. The fourth-order valence-electron chi connectivity index (χ4n) is 1.68. The lowest BCUT2D eigenvalue weighted by Crippen LogP contribution is -2.03.